The van der Waals surface area contributed by atoms with Crippen molar-refractivity contribution < 1.29 is 28.7 Å². The van der Waals surface area contributed by atoms with Crippen molar-refractivity contribution in [3.63, 3.8) is 0 Å². The zero-order chi connectivity index (χ0) is 23.9. The largest absolute Gasteiger partial charge is 0.497 e. The normalized spacial score (nSPS) is 12.5. The van der Waals surface area contributed by atoms with Crippen LogP contribution >= 0.6 is 0 Å². The summed E-state index contributed by atoms with van der Waals surface area (Å²) in [4.78, 5) is 47.6. The van der Waals surface area contributed by atoms with Crippen LogP contribution in [-0.2, 0) is 30.3 Å². The molecule has 2 N–H and O–H groups in total. The summed E-state index contributed by atoms with van der Waals surface area (Å²) >= 11 is 0. The predicted octanol–water partition coefficient (Wildman–Crippen LogP) is 2.58. The number of rotatable bonds is 15. The number of esters is 1. The summed E-state index contributed by atoms with van der Waals surface area (Å²) in [6.45, 7) is 3.69. The van der Waals surface area contributed by atoms with Gasteiger partial charge in [-0.3, -0.25) is 14.4 Å². The molecule has 178 valence electrons. The molecule has 0 aliphatic heterocycles. The molecule has 0 radical (unpaired) electrons. The standard InChI is InChI=1S/C24H36N2O6/c1-17(2)23(26-21(28)9-7-5-6-8-10-22(29)32-4)24(30)25-19(16-27)15-18-11-13-20(31-3)14-12-18/h11-14,16-17,19,23H,5-10,15H2,1-4H3,(H,25,30)(H,26,28). The maximum absolute atomic E-state index is 12.7. The second kappa shape index (κ2) is 15.0. The molecule has 0 saturated carbocycles. The molecule has 0 heterocycles. The summed E-state index contributed by atoms with van der Waals surface area (Å²) in [6, 6.07) is 5.86. The van der Waals surface area contributed by atoms with E-state index < -0.39 is 12.1 Å². The SMILES string of the molecule is COC(=O)CCCCCCC(=O)NC(C(=O)NC(C=O)Cc1ccc(OC)cc1)C(C)C. The number of hydrogen-bond acceptors (Lipinski definition) is 6. The maximum atomic E-state index is 12.7. The highest BCUT2D eigenvalue weighted by Gasteiger charge is 2.26. The van der Waals surface area contributed by atoms with Gasteiger partial charge in [0.1, 0.15) is 18.1 Å². The van der Waals surface area contributed by atoms with Crippen LogP contribution in [-0.4, -0.2) is 50.4 Å². The van der Waals surface area contributed by atoms with E-state index in [9.17, 15) is 19.2 Å². The van der Waals surface area contributed by atoms with Crippen LogP contribution in [0.1, 0.15) is 57.9 Å². The summed E-state index contributed by atoms with van der Waals surface area (Å²) < 4.78 is 9.72. The molecule has 2 unspecified atom stereocenters. The second-order valence-corrected chi connectivity index (χ2v) is 8.08. The molecule has 8 heteroatoms. The van der Waals surface area contributed by atoms with E-state index in [4.69, 9.17) is 4.74 Å². The molecule has 2 amide bonds. The van der Waals surface area contributed by atoms with Crippen molar-refractivity contribution in [3.05, 3.63) is 29.8 Å². The lowest BCUT2D eigenvalue weighted by atomic mass is 10.0. The van der Waals surface area contributed by atoms with Gasteiger partial charge in [0.2, 0.25) is 11.8 Å². The third kappa shape index (κ3) is 10.4. The number of ether oxygens (including phenoxy) is 2. The highest BCUT2D eigenvalue weighted by Crippen LogP contribution is 2.13. The molecule has 0 saturated heterocycles. The average Bonchev–Trinajstić information content (AvgIpc) is 2.79. The van der Waals surface area contributed by atoms with Crippen LogP contribution in [0.4, 0.5) is 0 Å². The number of amides is 2. The van der Waals surface area contributed by atoms with E-state index in [1.54, 1.807) is 19.2 Å². The minimum absolute atomic E-state index is 0.132. The fourth-order valence-electron chi connectivity index (χ4n) is 3.21. The van der Waals surface area contributed by atoms with E-state index in [1.165, 1.54) is 7.11 Å². The molecular weight excluding hydrogens is 412 g/mol. The molecule has 0 bridgehead atoms. The average molecular weight is 449 g/mol. The number of aldehydes is 1. The highest BCUT2D eigenvalue weighted by atomic mass is 16.5. The number of carbonyl (C=O) groups excluding carboxylic acids is 4. The molecule has 2 atom stereocenters. The monoisotopic (exact) mass is 448 g/mol. The number of nitrogens with one attached hydrogen (secondary N) is 2. The Labute approximate surface area is 190 Å². The zero-order valence-corrected chi connectivity index (χ0v) is 19.5. The summed E-state index contributed by atoms with van der Waals surface area (Å²) in [6.07, 6.45) is 4.80. The molecule has 32 heavy (non-hydrogen) atoms. The Balaban J connectivity index is 2.48. The van der Waals surface area contributed by atoms with Crippen molar-refractivity contribution in [2.75, 3.05) is 14.2 Å². The summed E-state index contributed by atoms with van der Waals surface area (Å²) in [5, 5.41) is 5.52. The minimum atomic E-state index is -0.722. The number of carbonyl (C=O) groups is 4. The van der Waals surface area contributed by atoms with E-state index in [-0.39, 0.29) is 23.7 Å². The van der Waals surface area contributed by atoms with Gasteiger partial charge in [-0.25, -0.2) is 0 Å². The summed E-state index contributed by atoms with van der Waals surface area (Å²) in [5.41, 5.74) is 0.889. The molecule has 0 aliphatic rings. The van der Waals surface area contributed by atoms with E-state index in [0.717, 1.165) is 24.8 Å². The van der Waals surface area contributed by atoms with E-state index >= 15 is 0 Å². The van der Waals surface area contributed by atoms with Gasteiger partial charge in [0.15, 0.2) is 0 Å². The van der Waals surface area contributed by atoms with Gasteiger partial charge < -0.3 is 24.9 Å². The number of unbranched alkanes of at least 4 members (excludes halogenated alkanes) is 3. The zero-order valence-electron chi connectivity index (χ0n) is 19.5. The topological polar surface area (TPSA) is 111 Å². The molecule has 0 spiro atoms. The van der Waals surface area contributed by atoms with Gasteiger partial charge in [0, 0.05) is 12.8 Å². The lowest BCUT2D eigenvalue weighted by Crippen LogP contribution is -2.52. The Kier molecular flexibility index (Phi) is 12.7. The van der Waals surface area contributed by atoms with Gasteiger partial charge in [0.25, 0.3) is 0 Å². The van der Waals surface area contributed by atoms with Gasteiger partial charge in [-0.2, -0.15) is 0 Å². The van der Waals surface area contributed by atoms with Crippen LogP contribution in [0.25, 0.3) is 0 Å². The van der Waals surface area contributed by atoms with Gasteiger partial charge in [0.05, 0.1) is 20.3 Å². The molecule has 0 fully saturated rings. The summed E-state index contributed by atoms with van der Waals surface area (Å²) in [7, 11) is 2.94. The molecule has 0 aromatic heterocycles. The first-order valence-corrected chi connectivity index (χ1v) is 11.1. The van der Waals surface area contributed by atoms with Crippen LogP contribution in [0, 0.1) is 5.92 Å². The Bertz CT molecular complexity index is 733. The van der Waals surface area contributed by atoms with Crippen LogP contribution in [0.5, 0.6) is 5.75 Å². The van der Waals surface area contributed by atoms with Crippen LogP contribution < -0.4 is 15.4 Å². The molecule has 1 rings (SSSR count). The molecule has 0 aliphatic carbocycles. The van der Waals surface area contributed by atoms with Gasteiger partial charge >= 0.3 is 5.97 Å². The Hall–Kier alpha value is -2.90. The van der Waals surface area contributed by atoms with Crippen LogP contribution in [0.3, 0.4) is 0 Å². The van der Waals surface area contributed by atoms with E-state index in [1.807, 2.05) is 26.0 Å². The predicted molar refractivity (Wildman–Crippen MR) is 121 cm³/mol. The maximum Gasteiger partial charge on any atom is 0.305 e. The molecule has 1 aromatic rings. The molecule has 1 aromatic carbocycles. The smallest absolute Gasteiger partial charge is 0.305 e. The fraction of sp³-hybridized carbons (Fsp3) is 0.583. The lowest BCUT2D eigenvalue weighted by molar-refractivity contribution is -0.140. The molecule has 8 nitrogen and oxygen atoms in total. The Morgan fingerprint density at radius 1 is 0.938 bits per heavy atom. The van der Waals surface area contributed by atoms with Crippen molar-refractivity contribution in [2.45, 2.75) is 70.9 Å². The lowest BCUT2D eigenvalue weighted by Gasteiger charge is -2.23. The van der Waals surface area contributed by atoms with Gasteiger partial charge in [-0.15, -0.1) is 0 Å². The van der Waals surface area contributed by atoms with E-state index in [0.29, 0.717) is 37.7 Å². The highest BCUT2D eigenvalue weighted by molar-refractivity contribution is 5.89. The third-order valence-electron chi connectivity index (χ3n) is 5.13. The van der Waals surface area contributed by atoms with Crippen molar-refractivity contribution in [1.82, 2.24) is 10.6 Å². The number of benzene rings is 1. The van der Waals surface area contributed by atoms with Crippen LogP contribution in [0.2, 0.25) is 0 Å². The Morgan fingerprint density at radius 2 is 1.56 bits per heavy atom. The minimum Gasteiger partial charge on any atom is -0.497 e. The van der Waals surface area contributed by atoms with Crippen molar-refractivity contribution >= 4 is 24.1 Å². The first-order valence-electron chi connectivity index (χ1n) is 11.1. The molecular formula is C24H36N2O6. The third-order valence-corrected chi connectivity index (χ3v) is 5.13. The van der Waals surface area contributed by atoms with Crippen molar-refractivity contribution in [2.24, 2.45) is 5.92 Å². The number of hydrogen-bond donors (Lipinski definition) is 2. The number of methoxy groups -OCH3 is 2. The first-order chi connectivity index (χ1) is 15.3. The van der Waals surface area contributed by atoms with Crippen molar-refractivity contribution in [1.29, 1.82) is 0 Å². The van der Waals surface area contributed by atoms with Crippen LogP contribution in [0.15, 0.2) is 24.3 Å². The quantitative estimate of drug-likeness (QED) is 0.242. The Morgan fingerprint density at radius 3 is 2.09 bits per heavy atom. The van der Waals surface area contributed by atoms with E-state index in [2.05, 4.69) is 15.4 Å². The first kappa shape index (κ1) is 27.1. The second-order valence-electron chi connectivity index (χ2n) is 8.08. The van der Waals surface area contributed by atoms with Crippen molar-refractivity contribution in [3.8, 4) is 5.75 Å². The van der Waals surface area contributed by atoms with Gasteiger partial charge in [-0.1, -0.05) is 38.8 Å². The fourth-order valence-corrected chi connectivity index (χ4v) is 3.21. The van der Waals surface area contributed by atoms with Gasteiger partial charge in [-0.05, 0) is 42.9 Å². The summed E-state index contributed by atoms with van der Waals surface area (Å²) in [5.74, 6) is -0.227.